The van der Waals surface area contributed by atoms with Gasteiger partial charge in [-0.3, -0.25) is 15.0 Å². The van der Waals surface area contributed by atoms with Crippen molar-refractivity contribution in [1.82, 2.24) is 4.31 Å². The molecule has 1 aliphatic rings. The summed E-state index contributed by atoms with van der Waals surface area (Å²) in [6, 6.07) is 14.3. The molecule has 0 heterocycles. The lowest BCUT2D eigenvalue weighted by Crippen LogP contribution is -2.31. The Hall–Kier alpha value is -4.39. The van der Waals surface area contributed by atoms with Crippen molar-refractivity contribution in [1.29, 1.82) is 0 Å². The molecule has 0 radical (unpaired) electrons. The number of ketones is 1. The lowest BCUT2D eigenvalue weighted by Gasteiger charge is -2.20. The molecule has 0 aromatic heterocycles. The first-order valence-corrected chi connectivity index (χ1v) is 15.0. The Kier molecular flexibility index (Phi) is 9.74. The smallest absolute Gasteiger partial charge is 0.259 e. The summed E-state index contributed by atoms with van der Waals surface area (Å²) in [5.41, 5.74) is 4.06. The topological polar surface area (TPSA) is 136 Å². The molecule has 1 amide bonds. The predicted octanol–water partition coefficient (Wildman–Crippen LogP) is 4.82. The number of rotatable bonds is 11. The van der Waals surface area contributed by atoms with Crippen molar-refractivity contribution in [3.8, 4) is 17.2 Å². The van der Waals surface area contributed by atoms with Crippen molar-refractivity contribution < 1.29 is 32.2 Å². The Morgan fingerprint density at radius 3 is 2.23 bits per heavy atom. The second-order valence-corrected chi connectivity index (χ2v) is 11.5. The Morgan fingerprint density at radius 2 is 1.58 bits per heavy atom. The van der Waals surface area contributed by atoms with Gasteiger partial charge in [-0.2, -0.15) is 9.41 Å². The molecule has 13 heteroatoms. The molecule has 1 aliphatic carbocycles. The van der Waals surface area contributed by atoms with Crippen LogP contribution in [-0.2, 0) is 19.6 Å². The molecular formula is C30H31ClN4O7S. The lowest BCUT2D eigenvalue weighted by molar-refractivity contribution is -0.116. The van der Waals surface area contributed by atoms with Crippen LogP contribution in [0.3, 0.4) is 0 Å². The first-order valence-electron chi connectivity index (χ1n) is 13.2. The van der Waals surface area contributed by atoms with E-state index in [-0.39, 0.29) is 38.3 Å². The van der Waals surface area contributed by atoms with Crippen molar-refractivity contribution in [3.05, 3.63) is 76.3 Å². The Labute approximate surface area is 255 Å². The summed E-state index contributed by atoms with van der Waals surface area (Å²) in [6.45, 7) is 4.10. The summed E-state index contributed by atoms with van der Waals surface area (Å²) in [6.07, 6.45) is 1.47. The van der Waals surface area contributed by atoms with Crippen LogP contribution >= 0.6 is 11.6 Å². The van der Waals surface area contributed by atoms with E-state index in [0.29, 0.717) is 35.7 Å². The number of benzene rings is 3. The second kappa shape index (κ2) is 13.3. The molecule has 3 aromatic carbocycles. The van der Waals surface area contributed by atoms with Crippen LogP contribution in [0.1, 0.15) is 25.0 Å². The molecule has 0 bridgehead atoms. The highest BCUT2D eigenvalue weighted by Gasteiger charge is 2.31. The third-order valence-electron chi connectivity index (χ3n) is 6.74. The largest absolute Gasteiger partial charge is 0.495 e. The number of Topliss-reactive ketones (excluding diaryl/α,β-unsaturated/α-hetero) is 1. The van der Waals surface area contributed by atoms with Gasteiger partial charge in [0.1, 0.15) is 23.0 Å². The predicted molar refractivity (Wildman–Crippen MR) is 166 cm³/mol. The first kappa shape index (κ1) is 31.5. The fourth-order valence-corrected chi connectivity index (χ4v) is 6.23. The van der Waals surface area contributed by atoms with E-state index in [1.54, 1.807) is 38.1 Å². The van der Waals surface area contributed by atoms with E-state index in [0.717, 1.165) is 0 Å². The van der Waals surface area contributed by atoms with Crippen LogP contribution in [0.25, 0.3) is 6.08 Å². The maximum absolute atomic E-state index is 13.7. The van der Waals surface area contributed by atoms with Gasteiger partial charge in [0.2, 0.25) is 15.8 Å². The van der Waals surface area contributed by atoms with Gasteiger partial charge in [0, 0.05) is 24.7 Å². The molecule has 4 rings (SSSR count). The minimum atomic E-state index is -3.78. The summed E-state index contributed by atoms with van der Waals surface area (Å²) in [7, 11) is 0.521. The number of nitrogens with one attached hydrogen (secondary N) is 2. The standard InChI is InChI=1S/C30H31ClN4O7S/c1-6-35(7-2)43(38,39)19-12-13-25(40-3)24(15-19)33-34-28-20-11-9-8-10-18(20)14-21(29(28)36)30(37)32-23-16-22(31)26(41-4)17-27(23)42-5/h8-17,33H,6-7H2,1-5H3,(H,32,37)/b34-28+. The molecule has 0 atom stereocenters. The highest BCUT2D eigenvalue weighted by atomic mass is 35.5. The van der Waals surface area contributed by atoms with Gasteiger partial charge in [0.25, 0.3) is 5.91 Å². The van der Waals surface area contributed by atoms with Crippen LogP contribution in [0.5, 0.6) is 17.2 Å². The molecule has 0 saturated heterocycles. The van der Waals surface area contributed by atoms with Gasteiger partial charge in [-0.15, -0.1) is 0 Å². The lowest BCUT2D eigenvalue weighted by atomic mass is 9.89. The van der Waals surface area contributed by atoms with Gasteiger partial charge in [0.15, 0.2) is 0 Å². The minimum absolute atomic E-state index is 0.0298. The van der Waals surface area contributed by atoms with Crippen LogP contribution in [0, 0.1) is 0 Å². The van der Waals surface area contributed by atoms with Crippen molar-refractivity contribution in [3.63, 3.8) is 0 Å². The van der Waals surface area contributed by atoms with Gasteiger partial charge in [-0.25, -0.2) is 8.42 Å². The van der Waals surface area contributed by atoms with Gasteiger partial charge in [0.05, 0.1) is 48.2 Å². The van der Waals surface area contributed by atoms with Crippen LogP contribution < -0.4 is 25.0 Å². The fraction of sp³-hybridized carbons (Fsp3) is 0.233. The highest BCUT2D eigenvalue weighted by Crippen LogP contribution is 2.36. The number of hydrogen-bond donors (Lipinski definition) is 2. The third-order valence-corrected chi connectivity index (χ3v) is 9.09. The molecule has 2 N–H and O–H groups in total. The average molecular weight is 627 g/mol. The molecule has 3 aromatic rings. The number of fused-ring (bicyclic) bond motifs is 1. The number of anilines is 2. The zero-order valence-electron chi connectivity index (χ0n) is 24.2. The van der Waals surface area contributed by atoms with Crippen molar-refractivity contribution in [2.24, 2.45) is 5.10 Å². The Morgan fingerprint density at radius 1 is 0.907 bits per heavy atom. The van der Waals surface area contributed by atoms with E-state index in [1.165, 1.54) is 62.0 Å². The first-order chi connectivity index (χ1) is 20.6. The summed E-state index contributed by atoms with van der Waals surface area (Å²) in [5, 5.41) is 7.27. The maximum atomic E-state index is 13.7. The second-order valence-electron chi connectivity index (χ2n) is 9.14. The van der Waals surface area contributed by atoms with E-state index in [4.69, 9.17) is 25.8 Å². The van der Waals surface area contributed by atoms with Gasteiger partial charge >= 0.3 is 0 Å². The monoisotopic (exact) mass is 626 g/mol. The number of carbonyl (C=O) groups excluding carboxylic acids is 2. The van der Waals surface area contributed by atoms with Crippen LogP contribution in [0.4, 0.5) is 11.4 Å². The molecular weight excluding hydrogens is 596 g/mol. The highest BCUT2D eigenvalue weighted by molar-refractivity contribution is 7.89. The van der Waals surface area contributed by atoms with Crippen LogP contribution in [0.2, 0.25) is 5.02 Å². The van der Waals surface area contributed by atoms with E-state index in [1.807, 2.05) is 0 Å². The van der Waals surface area contributed by atoms with Gasteiger partial charge in [-0.1, -0.05) is 49.7 Å². The van der Waals surface area contributed by atoms with E-state index in [2.05, 4.69) is 15.8 Å². The quantitative estimate of drug-likeness (QED) is 0.229. The normalized spacial score (nSPS) is 13.8. The maximum Gasteiger partial charge on any atom is 0.259 e. The summed E-state index contributed by atoms with van der Waals surface area (Å²) in [5.74, 6) is -0.439. The summed E-state index contributed by atoms with van der Waals surface area (Å²) < 4.78 is 43.6. The van der Waals surface area contributed by atoms with Crippen molar-refractivity contribution in [2.45, 2.75) is 18.7 Å². The molecule has 226 valence electrons. The number of sulfonamides is 1. The number of amides is 1. The van der Waals surface area contributed by atoms with Crippen LogP contribution in [0.15, 0.2) is 70.2 Å². The number of halogens is 1. The number of ether oxygens (including phenoxy) is 3. The van der Waals surface area contributed by atoms with Gasteiger partial charge in [-0.05, 0) is 35.9 Å². The third kappa shape index (κ3) is 6.36. The molecule has 0 aliphatic heterocycles. The molecule has 0 unspecified atom stereocenters. The van der Waals surface area contributed by atoms with Crippen LogP contribution in [-0.4, -0.2) is 64.5 Å². The number of carbonyl (C=O) groups is 2. The summed E-state index contributed by atoms with van der Waals surface area (Å²) in [4.78, 5) is 27.2. The Balaban J connectivity index is 1.71. The Bertz CT molecular complexity index is 1730. The molecule has 0 fully saturated rings. The molecule has 0 saturated carbocycles. The zero-order valence-corrected chi connectivity index (χ0v) is 25.8. The summed E-state index contributed by atoms with van der Waals surface area (Å²) >= 11 is 6.25. The average Bonchev–Trinajstić information content (AvgIpc) is 3.00. The van der Waals surface area contributed by atoms with Crippen molar-refractivity contribution >= 4 is 56.5 Å². The number of hydrogen-bond acceptors (Lipinski definition) is 9. The number of hydrazone groups is 1. The minimum Gasteiger partial charge on any atom is -0.495 e. The van der Waals surface area contributed by atoms with E-state index in [9.17, 15) is 18.0 Å². The molecule has 43 heavy (non-hydrogen) atoms. The fourth-order valence-electron chi connectivity index (χ4n) is 4.50. The SMILES string of the molecule is CCN(CC)S(=O)(=O)c1ccc(OC)c(N/N=C2/C(=O)C(C(=O)Nc3cc(Cl)c(OC)cc3OC)=Cc3ccccc32)c1. The number of nitrogens with zero attached hydrogens (tertiary/aromatic N) is 2. The molecule has 0 spiro atoms. The number of methoxy groups -OCH3 is 3. The van der Waals surface area contributed by atoms with Crippen molar-refractivity contribution in [2.75, 3.05) is 45.2 Å². The zero-order chi connectivity index (χ0) is 31.3. The van der Waals surface area contributed by atoms with E-state index >= 15 is 0 Å². The van der Waals surface area contributed by atoms with E-state index < -0.39 is 21.7 Å². The van der Waals surface area contributed by atoms with Gasteiger partial charge < -0.3 is 19.5 Å². The molecule has 11 nitrogen and oxygen atoms in total.